The number of nitrogens with zero attached hydrogens (tertiary/aromatic N) is 2. The average molecular weight is 281 g/mol. The lowest BCUT2D eigenvalue weighted by Gasteiger charge is -2.18. The summed E-state index contributed by atoms with van der Waals surface area (Å²) in [6, 6.07) is 8.06. The summed E-state index contributed by atoms with van der Waals surface area (Å²) in [4.78, 5) is 3.73. The van der Waals surface area contributed by atoms with Crippen molar-refractivity contribution in [1.29, 1.82) is 0 Å². The Labute approximate surface area is 110 Å². The first-order valence-electron chi connectivity index (χ1n) is 5.37. The first-order chi connectivity index (χ1) is 8.91. The first kappa shape index (κ1) is 13.3. The first-order valence-corrected chi connectivity index (χ1v) is 6.81. The molecule has 0 unspecified atom stereocenters. The molecule has 0 aliphatic heterocycles. The lowest BCUT2D eigenvalue weighted by Crippen LogP contribution is -2.27. The molecule has 1 heterocycles. The SMILES string of the molecule is CN(c1ccccn1)S(=O)(=O)c1cc(N)cc(F)c1. The third-order valence-electron chi connectivity index (χ3n) is 2.52. The van der Waals surface area contributed by atoms with Crippen LogP contribution in [0.15, 0.2) is 47.5 Å². The fraction of sp³-hybridized carbons (Fsp3) is 0.0833. The Balaban J connectivity index is 2.48. The van der Waals surface area contributed by atoms with Gasteiger partial charge in [0.25, 0.3) is 10.0 Å². The molecule has 0 bridgehead atoms. The second kappa shape index (κ2) is 4.85. The van der Waals surface area contributed by atoms with Gasteiger partial charge in [-0.1, -0.05) is 6.07 Å². The zero-order valence-corrected chi connectivity index (χ0v) is 10.9. The summed E-state index contributed by atoms with van der Waals surface area (Å²) in [5.74, 6) is -0.460. The van der Waals surface area contributed by atoms with Gasteiger partial charge in [-0.3, -0.25) is 4.31 Å². The Hall–Kier alpha value is -2.15. The average Bonchev–Trinajstić information content (AvgIpc) is 2.37. The maximum Gasteiger partial charge on any atom is 0.265 e. The molecule has 2 N–H and O–H groups in total. The van der Waals surface area contributed by atoms with E-state index < -0.39 is 15.8 Å². The fourth-order valence-corrected chi connectivity index (χ4v) is 2.77. The summed E-state index contributed by atoms with van der Waals surface area (Å²) >= 11 is 0. The van der Waals surface area contributed by atoms with Gasteiger partial charge in [0.2, 0.25) is 0 Å². The molecule has 2 rings (SSSR count). The number of benzene rings is 1. The maximum absolute atomic E-state index is 13.2. The van der Waals surface area contributed by atoms with Gasteiger partial charge in [0, 0.05) is 18.9 Å². The minimum atomic E-state index is -3.89. The number of hydrogen-bond acceptors (Lipinski definition) is 4. The second-order valence-corrected chi connectivity index (χ2v) is 5.85. The van der Waals surface area contributed by atoms with Crippen LogP contribution in [0, 0.1) is 5.82 Å². The van der Waals surface area contributed by atoms with Crippen molar-refractivity contribution in [2.45, 2.75) is 4.90 Å². The van der Waals surface area contributed by atoms with Crippen LogP contribution >= 0.6 is 0 Å². The van der Waals surface area contributed by atoms with E-state index in [-0.39, 0.29) is 16.4 Å². The Morgan fingerprint density at radius 3 is 2.58 bits per heavy atom. The third-order valence-corrected chi connectivity index (χ3v) is 4.26. The Morgan fingerprint density at radius 1 is 1.26 bits per heavy atom. The number of nitrogen functional groups attached to an aromatic ring is 1. The van der Waals surface area contributed by atoms with E-state index in [2.05, 4.69) is 4.98 Å². The van der Waals surface area contributed by atoms with Crippen molar-refractivity contribution in [2.75, 3.05) is 17.1 Å². The molecule has 0 saturated heterocycles. The van der Waals surface area contributed by atoms with Gasteiger partial charge in [0.1, 0.15) is 11.6 Å². The van der Waals surface area contributed by atoms with Crippen LogP contribution in [0.2, 0.25) is 0 Å². The second-order valence-electron chi connectivity index (χ2n) is 3.88. The van der Waals surface area contributed by atoms with Crippen LogP contribution in [-0.2, 0) is 10.0 Å². The topological polar surface area (TPSA) is 76.3 Å². The van der Waals surface area contributed by atoms with Crippen LogP contribution < -0.4 is 10.0 Å². The number of halogens is 1. The minimum absolute atomic E-state index is 0.0491. The summed E-state index contributed by atoms with van der Waals surface area (Å²) in [5, 5.41) is 0. The van der Waals surface area contributed by atoms with Crippen molar-refractivity contribution in [3.05, 3.63) is 48.4 Å². The van der Waals surface area contributed by atoms with E-state index in [1.165, 1.54) is 19.3 Å². The quantitative estimate of drug-likeness (QED) is 0.867. The molecule has 0 radical (unpaired) electrons. The van der Waals surface area contributed by atoms with E-state index >= 15 is 0 Å². The molecule has 0 atom stereocenters. The van der Waals surface area contributed by atoms with Crippen LogP contribution in [0.5, 0.6) is 0 Å². The standard InChI is InChI=1S/C12H12FN3O2S/c1-16(12-4-2-3-5-15-12)19(17,18)11-7-9(13)6-10(14)8-11/h2-8H,14H2,1H3. The molecule has 5 nitrogen and oxygen atoms in total. The van der Waals surface area contributed by atoms with Crippen LogP contribution in [0.25, 0.3) is 0 Å². The molecule has 0 saturated carbocycles. The number of hydrogen-bond donors (Lipinski definition) is 1. The van der Waals surface area contributed by atoms with E-state index in [0.29, 0.717) is 0 Å². The number of sulfonamides is 1. The van der Waals surface area contributed by atoms with Crippen LogP contribution in [-0.4, -0.2) is 20.4 Å². The predicted octanol–water partition coefficient (Wildman–Crippen LogP) is 1.63. The van der Waals surface area contributed by atoms with E-state index in [0.717, 1.165) is 16.4 Å². The number of aromatic nitrogens is 1. The molecule has 1 aromatic carbocycles. The summed E-state index contributed by atoms with van der Waals surface area (Å²) in [7, 11) is -2.54. The molecule has 100 valence electrons. The van der Waals surface area contributed by atoms with Gasteiger partial charge < -0.3 is 5.73 Å². The van der Waals surface area contributed by atoms with Crippen molar-refractivity contribution in [1.82, 2.24) is 4.98 Å². The summed E-state index contributed by atoms with van der Waals surface area (Å²) in [5.41, 5.74) is 5.51. The number of rotatable bonds is 3. The normalized spacial score (nSPS) is 11.3. The lowest BCUT2D eigenvalue weighted by molar-refractivity contribution is 0.589. The molecule has 0 fully saturated rings. The van der Waals surface area contributed by atoms with Gasteiger partial charge in [-0.25, -0.2) is 17.8 Å². The molecule has 2 aromatic rings. The largest absolute Gasteiger partial charge is 0.399 e. The van der Waals surface area contributed by atoms with Crippen LogP contribution in [0.3, 0.4) is 0 Å². The monoisotopic (exact) mass is 281 g/mol. The zero-order valence-electron chi connectivity index (χ0n) is 10.1. The summed E-state index contributed by atoms with van der Waals surface area (Å²) < 4.78 is 38.8. The summed E-state index contributed by atoms with van der Waals surface area (Å²) in [6.45, 7) is 0. The van der Waals surface area contributed by atoms with Gasteiger partial charge in [-0.2, -0.15) is 0 Å². The molecular weight excluding hydrogens is 269 g/mol. The van der Waals surface area contributed by atoms with Gasteiger partial charge in [0.05, 0.1) is 4.90 Å². The van der Waals surface area contributed by atoms with E-state index in [1.807, 2.05) is 0 Å². The Morgan fingerprint density at radius 2 is 2.00 bits per heavy atom. The van der Waals surface area contributed by atoms with E-state index in [9.17, 15) is 12.8 Å². The predicted molar refractivity (Wildman–Crippen MR) is 70.6 cm³/mol. The molecular formula is C12H12FN3O2S. The number of pyridine rings is 1. The lowest BCUT2D eigenvalue weighted by atomic mass is 10.3. The Bertz CT molecular complexity index is 669. The third kappa shape index (κ3) is 2.65. The molecule has 0 amide bonds. The molecule has 1 aromatic heterocycles. The minimum Gasteiger partial charge on any atom is -0.399 e. The highest BCUT2D eigenvalue weighted by Gasteiger charge is 2.23. The van der Waals surface area contributed by atoms with Gasteiger partial charge in [-0.15, -0.1) is 0 Å². The molecule has 0 spiro atoms. The number of nitrogens with two attached hydrogens (primary N) is 1. The molecule has 0 aliphatic carbocycles. The highest BCUT2D eigenvalue weighted by molar-refractivity contribution is 7.92. The fourth-order valence-electron chi connectivity index (χ4n) is 1.55. The zero-order chi connectivity index (χ0) is 14.0. The summed E-state index contributed by atoms with van der Waals surface area (Å²) in [6.07, 6.45) is 1.47. The van der Waals surface area contributed by atoms with Crippen LogP contribution in [0.1, 0.15) is 0 Å². The van der Waals surface area contributed by atoms with Crippen molar-refractivity contribution >= 4 is 21.5 Å². The van der Waals surface area contributed by atoms with Gasteiger partial charge >= 0.3 is 0 Å². The van der Waals surface area contributed by atoms with Crippen LogP contribution in [0.4, 0.5) is 15.9 Å². The maximum atomic E-state index is 13.2. The highest BCUT2D eigenvalue weighted by atomic mass is 32.2. The van der Waals surface area contributed by atoms with Crippen molar-refractivity contribution in [3.8, 4) is 0 Å². The smallest absolute Gasteiger partial charge is 0.265 e. The molecule has 19 heavy (non-hydrogen) atoms. The van der Waals surface area contributed by atoms with Crippen molar-refractivity contribution < 1.29 is 12.8 Å². The van der Waals surface area contributed by atoms with Crippen molar-refractivity contribution in [2.24, 2.45) is 0 Å². The van der Waals surface area contributed by atoms with E-state index in [4.69, 9.17) is 5.73 Å². The van der Waals surface area contributed by atoms with Crippen molar-refractivity contribution in [3.63, 3.8) is 0 Å². The Kier molecular flexibility index (Phi) is 3.39. The molecule has 7 heteroatoms. The van der Waals surface area contributed by atoms with Gasteiger partial charge in [0.15, 0.2) is 0 Å². The molecule has 0 aliphatic rings. The highest BCUT2D eigenvalue weighted by Crippen LogP contribution is 2.22. The van der Waals surface area contributed by atoms with Gasteiger partial charge in [-0.05, 0) is 30.3 Å². The number of anilines is 2. The van der Waals surface area contributed by atoms with E-state index in [1.54, 1.807) is 18.2 Å².